The third kappa shape index (κ3) is 3.89. The molecule has 0 bridgehead atoms. The number of para-hydroxylation sites is 1. The zero-order valence-electron chi connectivity index (χ0n) is 12.8. The minimum atomic E-state index is 0.575. The summed E-state index contributed by atoms with van der Waals surface area (Å²) in [5, 5.41) is 0. The molecule has 0 N–H and O–H groups in total. The van der Waals surface area contributed by atoms with E-state index in [1.807, 2.05) is 19.1 Å². The number of aromatic nitrogens is 2. The van der Waals surface area contributed by atoms with Crippen molar-refractivity contribution in [2.75, 3.05) is 26.2 Å². The summed E-state index contributed by atoms with van der Waals surface area (Å²) in [4.78, 5) is 4.74. The Morgan fingerprint density at radius 2 is 2.14 bits per heavy atom. The fourth-order valence-corrected chi connectivity index (χ4v) is 2.65. The Balaban J connectivity index is 2.31. The molecule has 2 aromatic rings. The summed E-state index contributed by atoms with van der Waals surface area (Å²) < 4.78 is 13.1. The van der Waals surface area contributed by atoms with E-state index in [9.17, 15) is 0 Å². The molecule has 0 atom stereocenters. The van der Waals surface area contributed by atoms with Gasteiger partial charge in [0.25, 0.3) is 0 Å². The maximum atomic E-state index is 5.92. The number of nitrogens with zero attached hydrogens (tertiary/aromatic N) is 2. The fourth-order valence-electron chi connectivity index (χ4n) is 2.48. The molecule has 1 heterocycles. The van der Waals surface area contributed by atoms with Gasteiger partial charge in [0.15, 0.2) is 0 Å². The molecule has 1 aromatic heterocycles. The predicted molar refractivity (Wildman–Crippen MR) is 86.4 cm³/mol. The van der Waals surface area contributed by atoms with Crippen LogP contribution in [0, 0.1) is 0 Å². The van der Waals surface area contributed by atoms with Gasteiger partial charge in [-0.15, -0.1) is 11.6 Å². The number of alkyl halides is 1. The molecule has 0 aliphatic carbocycles. The van der Waals surface area contributed by atoms with Crippen molar-refractivity contribution >= 4 is 22.6 Å². The monoisotopic (exact) mass is 310 g/mol. The van der Waals surface area contributed by atoms with E-state index in [0.717, 1.165) is 55.0 Å². The average Bonchev–Trinajstić information content (AvgIpc) is 2.83. The van der Waals surface area contributed by atoms with E-state index in [-0.39, 0.29) is 0 Å². The number of aryl methyl sites for hydroxylation is 2. The SMILES string of the molecule is CCOc1cccc2c1nc(CCCl)n2CCCCOC. The number of benzene rings is 1. The van der Waals surface area contributed by atoms with E-state index >= 15 is 0 Å². The largest absolute Gasteiger partial charge is 0.492 e. The van der Waals surface area contributed by atoms with Gasteiger partial charge in [0.05, 0.1) is 12.1 Å². The standard InChI is InChI=1S/C16H23ClN2O2/c1-3-21-14-8-6-7-13-16(14)18-15(9-10-17)19(13)11-4-5-12-20-2/h6-8H,3-5,9-12H2,1-2H3. The maximum absolute atomic E-state index is 5.92. The highest BCUT2D eigenvalue weighted by atomic mass is 35.5. The van der Waals surface area contributed by atoms with Crippen LogP contribution in [0.25, 0.3) is 11.0 Å². The lowest BCUT2D eigenvalue weighted by molar-refractivity contribution is 0.191. The molecule has 0 aliphatic rings. The molecule has 1 aromatic carbocycles. The molecule has 0 amide bonds. The van der Waals surface area contributed by atoms with E-state index in [2.05, 4.69) is 10.6 Å². The number of fused-ring (bicyclic) bond motifs is 1. The highest BCUT2D eigenvalue weighted by Gasteiger charge is 2.13. The van der Waals surface area contributed by atoms with Crippen LogP contribution in [0.5, 0.6) is 5.75 Å². The first-order valence-corrected chi connectivity index (χ1v) is 8.01. The van der Waals surface area contributed by atoms with Crippen LogP contribution in [0.1, 0.15) is 25.6 Å². The number of hydrogen-bond acceptors (Lipinski definition) is 3. The predicted octanol–water partition coefficient (Wildman–Crippen LogP) is 3.64. The second-order valence-corrected chi connectivity index (χ2v) is 5.25. The number of rotatable bonds is 9. The zero-order valence-corrected chi connectivity index (χ0v) is 13.5. The van der Waals surface area contributed by atoms with Crippen LogP contribution in [0.15, 0.2) is 18.2 Å². The molecule has 21 heavy (non-hydrogen) atoms. The van der Waals surface area contributed by atoms with Gasteiger partial charge < -0.3 is 14.0 Å². The van der Waals surface area contributed by atoms with E-state index < -0.39 is 0 Å². The number of ether oxygens (including phenoxy) is 2. The molecule has 2 rings (SSSR count). The van der Waals surface area contributed by atoms with Gasteiger partial charge in [-0.25, -0.2) is 4.98 Å². The lowest BCUT2D eigenvalue weighted by atomic mass is 10.2. The smallest absolute Gasteiger partial charge is 0.147 e. The lowest BCUT2D eigenvalue weighted by Crippen LogP contribution is -2.05. The molecule has 0 aliphatic heterocycles. The molecule has 116 valence electrons. The second kappa shape index (κ2) is 8.25. The number of halogens is 1. The highest BCUT2D eigenvalue weighted by molar-refractivity contribution is 6.17. The van der Waals surface area contributed by atoms with Crippen molar-refractivity contribution in [3.05, 3.63) is 24.0 Å². The van der Waals surface area contributed by atoms with Crippen molar-refractivity contribution in [2.45, 2.75) is 32.7 Å². The minimum absolute atomic E-state index is 0.575. The van der Waals surface area contributed by atoms with Gasteiger partial charge in [0.1, 0.15) is 17.1 Å². The number of imidazole rings is 1. The molecule has 0 saturated heterocycles. The van der Waals surface area contributed by atoms with Gasteiger partial charge in [-0.1, -0.05) is 6.07 Å². The van der Waals surface area contributed by atoms with Gasteiger partial charge in [-0.05, 0) is 31.9 Å². The number of hydrogen-bond donors (Lipinski definition) is 0. The van der Waals surface area contributed by atoms with Crippen LogP contribution < -0.4 is 4.74 Å². The topological polar surface area (TPSA) is 36.3 Å². The van der Waals surface area contributed by atoms with Gasteiger partial charge in [0, 0.05) is 32.6 Å². The summed E-state index contributed by atoms with van der Waals surface area (Å²) in [7, 11) is 1.74. The lowest BCUT2D eigenvalue weighted by Gasteiger charge is -2.09. The van der Waals surface area contributed by atoms with Crippen molar-refractivity contribution in [1.29, 1.82) is 0 Å². The molecule has 0 saturated carbocycles. The summed E-state index contributed by atoms with van der Waals surface area (Å²) >= 11 is 5.92. The Morgan fingerprint density at radius 3 is 2.86 bits per heavy atom. The first-order chi connectivity index (χ1) is 10.3. The Bertz CT molecular complexity index is 569. The summed E-state index contributed by atoms with van der Waals surface area (Å²) in [6.07, 6.45) is 2.88. The van der Waals surface area contributed by atoms with Crippen molar-refractivity contribution in [3.63, 3.8) is 0 Å². The number of methoxy groups -OCH3 is 1. The molecule has 4 nitrogen and oxygen atoms in total. The van der Waals surface area contributed by atoms with E-state index in [0.29, 0.717) is 12.5 Å². The third-order valence-corrected chi connectivity index (χ3v) is 3.61. The maximum Gasteiger partial charge on any atom is 0.147 e. The van der Waals surface area contributed by atoms with Crippen molar-refractivity contribution < 1.29 is 9.47 Å². The summed E-state index contributed by atoms with van der Waals surface area (Å²) in [6.45, 7) is 4.36. The molecular weight excluding hydrogens is 288 g/mol. The Hall–Kier alpha value is -1.26. The third-order valence-electron chi connectivity index (χ3n) is 3.42. The minimum Gasteiger partial charge on any atom is -0.492 e. The quantitative estimate of drug-likeness (QED) is 0.524. The van der Waals surface area contributed by atoms with Gasteiger partial charge in [-0.3, -0.25) is 0 Å². The Kier molecular flexibility index (Phi) is 6.33. The van der Waals surface area contributed by atoms with Crippen molar-refractivity contribution in [3.8, 4) is 5.75 Å². The van der Waals surface area contributed by atoms with Crippen LogP contribution >= 0.6 is 11.6 Å². The second-order valence-electron chi connectivity index (χ2n) is 4.88. The van der Waals surface area contributed by atoms with E-state index in [4.69, 9.17) is 26.1 Å². The average molecular weight is 311 g/mol. The van der Waals surface area contributed by atoms with Gasteiger partial charge in [0.2, 0.25) is 0 Å². The Morgan fingerprint density at radius 1 is 1.29 bits per heavy atom. The van der Waals surface area contributed by atoms with Crippen LogP contribution in [-0.2, 0) is 17.7 Å². The van der Waals surface area contributed by atoms with E-state index in [1.54, 1.807) is 7.11 Å². The first kappa shape index (κ1) is 16.1. The highest BCUT2D eigenvalue weighted by Crippen LogP contribution is 2.27. The van der Waals surface area contributed by atoms with E-state index in [1.165, 1.54) is 0 Å². The molecule has 0 spiro atoms. The van der Waals surface area contributed by atoms with Crippen LogP contribution in [0.4, 0.5) is 0 Å². The molecular formula is C16H23ClN2O2. The summed E-state index contributed by atoms with van der Waals surface area (Å²) in [5.74, 6) is 2.46. The van der Waals surface area contributed by atoms with Crippen LogP contribution in [0.2, 0.25) is 0 Å². The molecule has 0 fully saturated rings. The summed E-state index contributed by atoms with van der Waals surface area (Å²) in [5.41, 5.74) is 2.06. The zero-order chi connectivity index (χ0) is 15.1. The van der Waals surface area contributed by atoms with Gasteiger partial charge in [-0.2, -0.15) is 0 Å². The molecule has 5 heteroatoms. The fraction of sp³-hybridized carbons (Fsp3) is 0.562. The van der Waals surface area contributed by atoms with Crippen molar-refractivity contribution in [1.82, 2.24) is 9.55 Å². The normalized spacial score (nSPS) is 11.2. The van der Waals surface area contributed by atoms with Crippen LogP contribution in [-0.4, -0.2) is 35.8 Å². The molecule has 0 radical (unpaired) electrons. The summed E-state index contributed by atoms with van der Waals surface area (Å²) in [6, 6.07) is 6.09. The first-order valence-electron chi connectivity index (χ1n) is 7.47. The molecule has 0 unspecified atom stereocenters. The van der Waals surface area contributed by atoms with Crippen molar-refractivity contribution in [2.24, 2.45) is 0 Å². The van der Waals surface area contributed by atoms with Crippen LogP contribution in [0.3, 0.4) is 0 Å². The number of unbranched alkanes of at least 4 members (excludes halogenated alkanes) is 1. The Labute approximate surface area is 131 Å². The van der Waals surface area contributed by atoms with Gasteiger partial charge >= 0.3 is 0 Å².